The number of hydrogen-bond acceptors (Lipinski definition) is 1. The van der Waals surface area contributed by atoms with Gasteiger partial charge in [-0.25, -0.2) is 0 Å². The maximum Gasteiger partial charge on any atom is 0.0160 e. The average molecular weight is 125 g/mol. The van der Waals surface area contributed by atoms with E-state index >= 15 is 0 Å². The Morgan fingerprint density at radius 1 is 1.22 bits per heavy atom. The summed E-state index contributed by atoms with van der Waals surface area (Å²) < 4.78 is 0. The van der Waals surface area contributed by atoms with Crippen molar-refractivity contribution in [3.05, 3.63) is 0 Å². The normalized spacial score (nSPS) is 34.0. The SMILES string of the molecule is CNC1(C)CC2(CC2)C1. The molecule has 0 radical (unpaired) electrons. The van der Waals surface area contributed by atoms with Gasteiger partial charge in [-0.15, -0.1) is 0 Å². The lowest BCUT2D eigenvalue weighted by atomic mass is 9.67. The Morgan fingerprint density at radius 3 is 2.11 bits per heavy atom. The first-order chi connectivity index (χ1) is 4.18. The van der Waals surface area contributed by atoms with Gasteiger partial charge in [0.15, 0.2) is 0 Å². The number of nitrogens with one attached hydrogen (secondary N) is 1. The van der Waals surface area contributed by atoms with Gasteiger partial charge in [-0.3, -0.25) is 0 Å². The molecular weight excluding hydrogens is 110 g/mol. The molecule has 0 aliphatic heterocycles. The van der Waals surface area contributed by atoms with Gasteiger partial charge in [0.1, 0.15) is 0 Å². The highest BCUT2D eigenvalue weighted by Crippen LogP contribution is 2.64. The lowest BCUT2D eigenvalue weighted by Gasteiger charge is -2.46. The van der Waals surface area contributed by atoms with E-state index in [0.29, 0.717) is 5.54 Å². The first-order valence-electron chi connectivity index (χ1n) is 3.87. The molecule has 2 fully saturated rings. The highest BCUT2D eigenvalue weighted by molar-refractivity contribution is 5.13. The predicted octanol–water partition coefficient (Wildman–Crippen LogP) is 1.54. The standard InChI is InChI=1S/C8H15N/c1-7(9-2)5-8(6-7)3-4-8/h9H,3-6H2,1-2H3. The molecule has 0 unspecified atom stereocenters. The molecule has 52 valence electrons. The van der Waals surface area contributed by atoms with E-state index in [1.54, 1.807) is 0 Å². The topological polar surface area (TPSA) is 12.0 Å². The van der Waals surface area contributed by atoms with Crippen molar-refractivity contribution < 1.29 is 0 Å². The van der Waals surface area contributed by atoms with Gasteiger partial charge in [0.2, 0.25) is 0 Å². The van der Waals surface area contributed by atoms with Gasteiger partial charge in [0, 0.05) is 5.54 Å². The fourth-order valence-corrected chi connectivity index (χ4v) is 2.31. The van der Waals surface area contributed by atoms with Crippen molar-refractivity contribution in [2.24, 2.45) is 5.41 Å². The molecule has 2 aliphatic rings. The van der Waals surface area contributed by atoms with Gasteiger partial charge in [0.05, 0.1) is 0 Å². The third-order valence-electron chi connectivity index (χ3n) is 3.09. The molecule has 2 saturated carbocycles. The molecule has 2 aliphatic carbocycles. The van der Waals surface area contributed by atoms with Crippen molar-refractivity contribution in [2.45, 2.75) is 38.1 Å². The van der Waals surface area contributed by atoms with Crippen molar-refractivity contribution >= 4 is 0 Å². The zero-order valence-corrected chi connectivity index (χ0v) is 6.33. The van der Waals surface area contributed by atoms with Crippen molar-refractivity contribution in [2.75, 3.05) is 7.05 Å². The Hall–Kier alpha value is -0.0400. The van der Waals surface area contributed by atoms with Crippen LogP contribution in [0.2, 0.25) is 0 Å². The second-order valence-corrected chi connectivity index (χ2v) is 4.16. The first-order valence-corrected chi connectivity index (χ1v) is 3.87. The molecule has 1 N–H and O–H groups in total. The molecule has 0 aromatic carbocycles. The molecule has 0 saturated heterocycles. The fraction of sp³-hybridized carbons (Fsp3) is 1.00. The minimum atomic E-state index is 0.510. The fourth-order valence-electron chi connectivity index (χ4n) is 2.31. The summed E-state index contributed by atoms with van der Waals surface area (Å²) in [5.41, 5.74) is 1.36. The second-order valence-electron chi connectivity index (χ2n) is 4.16. The Bertz CT molecular complexity index is 128. The molecule has 0 atom stereocenters. The maximum absolute atomic E-state index is 3.37. The van der Waals surface area contributed by atoms with Gasteiger partial charge in [-0.1, -0.05) is 0 Å². The number of hydrogen-bond donors (Lipinski definition) is 1. The van der Waals surface area contributed by atoms with Crippen LogP contribution in [-0.2, 0) is 0 Å². The van der Waals surface area contributed by atoms with E-state index in [2.05, 4.69) is 19.3 Å². The van der Waals surface area contributed by atoms with Gasteiger partial charge in [0.25, 0.3) is 0 Å². The van der Waals surface area contributed by atoms with Crippen LogP contribution in [0.4, 0.5) is 0 Å². The summed E-state index contributed by atoms with van der Waals surface area (Å²) in [6, 6.07) is 0. The van der Waals surface area contributed by atoms with Crippen LogP contribution >= 0.6 is 0 Å². The van der Waals surface area contributed by atoms with Gasteiger partial charge < -0.3 is 5.32 Å². The van der Waals surface area contributed by atoms with Gasteiger partial charge in [-0.2, -0.15) is 0 Å². The summed E-state index contributed by atoms with van der Waals surface area (Å²) in [6.45, 7) is 2.33. The molecule has 9 heavy (non-hydrogen) atoms. The van der Waals surface area contributed by atoms with E-state index in [1.165, 1.54) is 25.7 Å². The Balaban J connectivity index is 1.95. The van der Waals surface area contributed by atoms with E-state index < -0.39 is 0 Å². The van der Waals surface area contributed by atoms with Crippen molar-refractivity contribution in [3.63, 3.8) is 0 Å². The second kappa shape index (κ2) is 1.34. The van der Waals surface area contributed by atoms with Crippen LogP contribution in [-0.4, -0.2) is 12.6 Å². The summed E-state index contributed by atoms with van der Waals surface area (Å²) in [7, 11) is 2.08. The van der Waals surface area contributed by atoms with E-state index in [1.807, 2.05) is 0 Å². The minimum Gasteiger partial charge on any atom is -0.314 e. The zero-order chi connectivity index (χ0) is 6.54. The summed E-state index contributed by atoms with van der Waals surface area (Å²) >= 11 is 0. The quantitative estimate of drug-likeness (QED) is 0.560. The lowest BCUT2D eigenvalue weighted by molar-refractivity contribution is 0.111. The largest absolute Gasteiger partial charge is 0.314 e. The third-order valence-corrected chi connectivity index (χ3v) is 3.09. The van der Waals surface area contributed by atoms with Crippen LogP contribution in [0.1, 0.15) is 32.6 Å². The average Bonchev–Trinajstić information content (AvgIpc) is 2.46. The number of rotatable bonds is 1. The van der Waals surface area contributed by atoms with Gasteiger partial charge in [-0.05, 0) is 45.1 Å². The third kappa shape index (κ3) is 0.710. The molecule has 0 bridgehead atoms. The van der Waals surface area contributed by atoms with Crippen molar-refractivity contribution in [3.8, 4) is 0 Å². The maximum atomic E-state index is 3.37. The first kappa shape index (κ1) is 5.72. The summed E-state index contributed by atoms with van der Waals surface area (Å²) in [5, 5.41) is 3.37. The molecule has 0 aromatic rings. The van der Waals surface area contributed by atoms with Crippen LogP contribution in [0.25, 0.3) is 0 Å². The molecule has 1 spiro atoms. The van der Waals surface area contributed by atoms with Crippen LogP contribution in [0.15, 0.2) is 0 Å². The van der Waals surface area contributed by atoms with E-state index in [-0.39, 0.29) is 0 Å². The lowest BCUT2D eigenvalue weighted by Crippen LogP contribution is -2.52. The van der Waals surface area contributed by atoms with Crippen molar-refractivity contribution in [1.29, 1.82) is 0 Å². The highest BCUT2D eigenvalue weighted by atomic mass is 15.0. The van der Waals surface area contributed by atoms with Crippen LogP contribution in [0.3, 0.4) is 0 Å². The van der Waals surface area contributed by atoms with Crippen molar-refractivity contribution in [1.82, 2.24) is 5.32 Å². The molecule has 0 aromatic heterocycles. The Morgan fingerprint density at radius 2 is 1.78 bits per heavy atom. The monoisotopic (exact) mass is 125 g/mol. The smallest absolute Gasteiger partial charge is 0.0160 e. The zero-order valence-electron chi connectivity index (χ0n) is 6.33. The van der Waals surface area contributed by atoms with Crippen LogP contribution in [0.5, 0.6) is 0 Å². The molecule has 0 heterocycles. The van der Waals surface area contributed by atoms with Crippen LogP contribution < -0.4 is 5.32 Å². The molecule has 1 nitrogen and oxygen atoms in total. The molecule has 0 amide bonds. The van der Waals surface area contributed by atoms with Crippen LogP contribution in [0, 0.1) is 5.41 Å². The summed E-state index contributed by atoms with van der Waals surface area (Å²) in [6.07, 6.45) is 5.86. The summed E-state index contributed by atoms with van der Waals surface area (Å²) in [4.78, 5) is 0. The minimum absolute atomic E-state index is 0.510. The molecule has 2 rings (SSSR count). The molecular formula is C8H15N. The van der Waals surface area contributed by atoms with E-state index in [9.17, 15) is 0 Å². The highest BCUT2D eigenvalue weighted by Gasteiger charge is 2.57. The Labute approximate surface area is 56.8 Å². The van der Waals surface area contributed by atoms with E-state index in [4.69, 9.17) is 0 Å². The Kier molecular flexibility index (Phi) is 0.852. The van der Waals surface area contributed by atoms with E-state index in [0.717, 1.165) is 5.41 Å². The van der Waals surface area contributed by atoms with Gasteiger partial charge >= 0.3 is 0 Å². The summed E-state index contributed by atoms with van der Waals surface area (Å²) in [5.74, 6) is 0. The molecule has 1 heteroatoms. The predicted molar refractivity (Wildman–Crippen MR) is 38.4 cm³/mol.